The van der Waals surface area contributed by atoms with Gasteiger partial charge in [0.05, 0.1) is 0 Å². The van der Waals surface area contributed by atoms with Gasteiger partial charge in [-0.15, -0.1) is 0 Å². The number of hydrogen-bond donors (Lipinski definition) is 0. The molecule has 66 valence electrons. The SMILES string of the molecule is C=C/C=C\C=C(\C)c1ccccc1. The highest BCUT2D eigenvalue weighted by Gasteiger charge is 1.89. The largest absolute Gasteiger partial charge is 0.0991 e. The summed E-state index contributed by atoms with van der Waals surface area (Å²) in [5.41, 5.74) is 2.52. The van der Waals surface area contributed by atoms with Gasteiger partial charge < -0.3 is 0 Å². The Morgan fingerprint density at radius 1 is 1.15 bits per heavy atom. The molecule has 0 nitrogen and oxygen atoms in total. The van der Waals surface area contributed by atoms with Crippen LogP contribution in [0, 0.1) is 0 Å². The van der Waals surface area contributed by atoms with Crippen LogP contribution >= 0.6 is 0 Å². The van der Waals surface area contributed by atoms with Crippen molar-refractivity contribution in [2.24, 2.45) is 0 Å². The van der Waals surface area contributed by atoms with Gasteiger partial charge in [0.1, 0.15) is 0 Å². The summed E-state index contributed by atoms with van der Waals surface area (Å²) in [4.78, 5) is 0. The first-order valence-corrected chi connectivity index (χ1v) is 4.36. The molecule has 0 aliphatic rings. The second-order valence-corrected chi connectivity index (χ2v) is 2.84. The van der Waals surface area contributed by atoms with Gasteiger partial charge >= 0.3 is 0 Å². The van der Waals surface area contributed by atoms with Gasteiger partial charge in [-0.25, -0.2) is 0 Å². The molecular formula is C13H14. The van der Waals surface area contributed by atoms with E-state index in [9.17, 15) is 0 Å². The molecule has 1 aromatic carbocycles. The third-order valence-electron chi connectivity index (χ3n) is 1.82. The van der Waals surface area contributed by atoms with Crippen LogP contribution in [0.2, 0.25) is 0 Å². The van der Waals surface area contributed by atoms with Crippen molar-refractivity contribution >= 4 is 5.57 Å². The van der Waals surface area contributed by atoms with E-state index >= 15 is 0 Å². The topological polar surface area (TPSA) is 0 Å². The maximum atomic E-state index is 3.61. The summed E-state index contributed by atoms with van der Waals surface area (Å²) in [6.45, 7) is 5.71. The van der Waals surface area contributed by atoms with Crippen LogP contribution in [0.4, 0.5) is 0 Å². The number of rotatable bonds is 3. The van der Waals surface area contributed by atoms with Crippen LogP contribution in [0.1, 0.15) is 12.5 Å². The van der Waals surface area contributed by atoms with Crippen molar-refractivity contribution < 1.29 is 0 Å². The van der Waals surface area contributed by atoms with Crippen LogP contribution in [0.3, 0.4) is 0 Å². The Balaban J connectivity index is 2.79. The average molecular weight is 170 g/mol. The second-order valence-electron chi connectivity index (χ2n) is 2.84. The van der Waals surface area contributed by atoms with Crippen molar-refractivity contribution in [2.45, 2.75) is 6.92 Å². The molecule has 0 spiro atoms. The van der Waals surface area contributed by atoms with Crippen LogP contribution in [0.15, 0.2) is 61.2 Å². The number of allylic oxidation sites excluding steroid dienone is 5. The van der Waals surface area contributed by atoms with E-state index < -0.39 is 0 Å². The van der Waals surface area contributed by atoms with Crippen LogP contribution < -0.4 is 0 Å². The maximum absolute atomic E-state index is 3.61. The minimum Gasteiger partial charge on any atom is -0.0991 e. The number of benzene rings is 1. The van der Waals surface area contributed by atoms with Gasteiger partial charge in [0.15, 0.2) is 0 Å². The summed E-state index contributed by atoms with van der Waals surface area (Å²) in [6, 6.07) is 10.3. The van der Waals surface area contributed by atoms with Crippen LogP contribution in [0.25, 0.3) is 5.57 Å². The molecule has 0 atom stereocenters. The Bertz CT molecular complexity index is 315. The quantitative estimate of drug-likeness (QED) is 0.605. The summed E-state index contributed by atoms with van der Waals surface area (Å²) in [7, 11) is 0. The highest BCUT2D eigenvalue weighted by Crippen LogP contribution is 2.12. The Hall–Kier alpha value is -1.56. The summed E-state index contributed by atoms with van der Waals surface area (Å²) >= 11 is 0. The fraction of sp³-hybridized carbons (Fsp3) is 0.0769. The van der Waals surface area contributed by atoms with E-state index in [2.05, 4.69) is 31.7 Å². The van der Waals surface area contributed by atoms with Gasteiger partial charge in [0.2, 0.25) is 0 Å². The minimum atomic E-state index is 1.26. The zero-order chi connectivity index (χ0) is 9.52. The van der Waals surface area contributed by atoms with E-state index in [1.807, 2.05) is 30.4 Å². The van der Waals surface area contributed by atoms with Gasteiger partial charge in [-0.2, -0.15) is 0 Å². The molecule has 0 heterocycles. The van der Waals surface area contributed by atoms with Crippen LogP contribution in [0.5, 0.6) is 0 Å². The molecule has 0 fully saturated rings. The van der Waals surface area contributed by atoms with E-state index in [4.69, 9.17) is 0 Å². The molecule has 0 unspecified atom stereocenters. The van der Waals surface area contributed by atoms with Crippen molar-refractivity contribution in [3.63, 3.8) is 0 Å². The van der Waals surface area contributed by atoms with Gasteiger partial charge in [-0.05, 0) is 18.1 Å². The molecule has 0 aliphatic heterocycles. The Morgan fingerprint density at radius 2 is 1.85 bits per heavy atom. The smallest absolute Gasteiger partial charge is 0.0227 e. The van der Waals surface area contributed by atoms with E-state index in [1.54, 1.807) is 6.08 Å². The van der Waals surface area contributed by atoms with Crippen molar-refractivity contribution in [1.29, 1.82) is 0 Å². The molecule has 0 saturated heterocycles. The Morgan fingerprint density at radius 3 is 2.46 bits per heavy atom. The molecule has 0 radical (unpaired) electrons. The third kappa shape index (κ3) is 3.12. The summed E-state index contributed by atoms with van der Waals surface area (Å²) < 4.78 is 0. The van der Waals surface area contributed by atoms with Gasteiger partial charge in [-0.3, -0.25) is 0 Å². The van der Waals surface area contributed by atoms with E-state index in [0.717, 1.165) is 0 Å². The first-order valence-electron chi connectivity index (χ1n) is 4.36. The summed E-state index contributed by atoms with van der Waals surface area (Å²) in [5.74, 6) is 0. The molecule has 0 N–H and O–H groups in total. The van der Waals surface area contributed by atoms with Crippen molar-refractivity contribution in [3.05, 3.63) is 66.8 Å². The molecule has 0 bridgehead atoms. The molecule has 0 saturated carbocycles. The minimum absolute atomic E-state index is 1.26. The highest BCUT2D eigenvalue weighted by molar-refractivity contribution is 5.64. The van der Waals surface area contributed by atoms with Crippen molar-refractivity contribution in [2.75, 3.05) is 0 Å². The fourth-order valence-corrected chi connectivity index (χ4v) is 1.08. The molecule has 1 aromatic rings. The molecule has 0 aliphatic carbocycles. The summed E-state index contributed by atoms with van der Waals surface area (Å²) in [6.07, 6.45) is 7.77. The lowest BCUT2D eigenvalue weighted by Gasteiger charge is -1.97. The lowest BCUT2D eigenvalue weighted by Crippen LogP contribution is -1.75. The van der Waals surface area contributed by atoms with Gasteiger partial charge in [0.25, 0.3) is 0 Å². The van der Waals surface area contributed by atoms with Crippen LogP contribution in [-0.4, -0.2) is 0 Å². The fourth-order valence-electron chi connectivity index (χ4n) is 1.08. The van der Waals surface area contributed by atoms with Crippen molar-refractivity contribution in [1.82, 2.24) is 0 Å². The maximum Gasteiger partial charge on any atom is -0.0227 e. The molecule has 0 heteroatoms. The standard InChI is InChI=1S/C13H14/c1-3-4-6-9-12(2)13-10-7-5-8-11-13/h3-11H,1H2,2H3/b6-4-,12-9-. The van der Waals surface area contributed by atoms with E-state index in [1.165, 1.54) is 11.1 Å². The van der Waals surface area contributed by atoms with Gasteiger partial charge in [-0.1, -0.05) is 61.2 Å². The molecule has 0 amide bonds. The zero-order valence-electron chi connectivity index (χ0n) is 7.90. The van der Waals surface area contributed by atoms with E-state index in [0.29, 0.717) is 0 Å². The molecular weight excluding hydrogens is 156 g/mol. The molecule has 1 rings (SSSR count). The lowest BCUT2D eigenvalue weighted by molar-refractivity contribution is 1.57. The zero-order valence-corrected chi connectivity index (χ0v) is 7.90. The monoisotopic (exact) mass is 170 g/mol. The normalized spacial score (nSPS) is 11.9. The molecule has 0 aromatic heterocycles. The predicted molar refractivity (Wildman–Crippen MR) is 59.4 cm³/mol. The van der Waals surface area contributed by atoms with E-state index in [-0.39, 0.29) is 0 Å². The summed E-state index contributed by atoms with van der Waals surface area (Å²) in [5, 5.41) is 0. The van der Waals surface area contributed by atoms with Gasteiger partial charge in [0, 0.05) is 0 Å². The Labute approximate surface area is 79.9 Å². The lowest BCUT2D eigenvalue weighted by atomic mass is 10.1. The average Bonchev–Trinajstić information content (AvgIpc) is 2.19. The second kappa shape index (κ2) is 5.15. The first-order chi connectivity index (χ1) is 6.34. The number of hydrogen-bond acceptors (Lipinski definition) is 0. The third-order valence-corrected chi connectivity index (χ3v) is 1.82. The predicted octanol–water partition coefficient (Wildman–Crippen LogP) is 3.83. The first kappa shape index (κ1) is 9.53. The molecule has 13 heavy (non-hydrogen) atoms. The Kier molecular flexibility index (Phi) is 3.77. The van der Waals surface area contributed by atoms with Crippen LogP contribution in [-0.2, 0) is 0 Å². The van der Waals surface area contributed by atoms with Crippen molar-refractivity contribution in [3.8, 4) is 0 Å². The highest BCUT2D eigenvalue weighted by atomic mass is 13.9.